The summed E-state index contributed by atoms with van der Waals surface area (Å²) in [6.45, 7) is 11.4. The van der Waals surface area contributed by atoms with E-state index in [0.29, 0.717) is 0 Å². The zero-order chi connectivity index (χ0) is 29.8. The Labute approximate surface area is 257 Å². The number of benzene rings is 3. The Bertz CT molecular complexity index is 1400. The van der Waals surface area contributed by atoms with E-state index in [1.807, 2.05) is 6.07 Å². The summed E-state index contributed by atoms with van der Waals surface area (Å²) in [5, 5.41) is 0. The van der Waals surface area contributed by atoms with Crippen molar-refractivity contribution >= 4 is 12.0 Å². The molecular weight excluding hydrogens is 536 g/mol. The maximum atomic E-state index is 12.8. The molecule has 0 radical (unpaired) electrons. The number of carbonyl (C=O) groups excluding carboxylic acids is 1. The van der Waals surface area contributed by atoms with E-state index in [1.54, 1.807) is 14.2 Å². The van der Waals surface area contributed by atoms with Gasteiger partial charge in [0.15, 0.2) is 11.5 Å². The van der Waals surface area contributed by atoms with Crippen LogP contribution in [-0.4, -0.2) is 81.0 Å². The summed E-state index contributed by atoms with van der Waals surface area (Å²) in [4.78, 5) is 22.9. The van der Waals surface area contributed by atoms with Crippen molar-refractivity contribution in [2.75, 3.05) is 64.9 Å². The molecule has 3 aliphatic heterocycles. The molecule has 7 heteroatoms. The maximum Gasteiger partial charge on any atom is 0.161 e. The molecule has 1 saturated heterocycles. The number of aldehydes is 1. The molecule has 0 saturated carbocycles. The lowest BCUT2D eigenvalue weighted by Crippen LogP contribution is -2.46. The van der Waals surface area contributed by atoms with Gasteiger partial charge in [-0.1, -0.05) is 49.4 Å². The molecule has 1 unspecified atom stereocenters. The molecule has 3 aromatic rings. The van der Waals surface area contributed by atoms with Gasteiger partial charge in [-0.05, 0) is 78.4 Å². The normalized spacial score (nSPS) is 20.0. The lowest BCUT2D eigenvalue weighted by Gasteiger charge is -2.36. The molecule has 228 valence electrons. The second-order valence-electron chi connectivity index (χ2n) is 12.1. The molecule has 0 N–H and O–H groups in total. The summed E-state index contributed by atoms with van der Waals surface area (Å²) in [6, 6.07) is 21.5. The van der Waals surface area contributed by atoms with Crippen molar-refractivity contribution in [2.45, 2.75) is 51.4 Å². The molecule has 6 rings (SSSR count). The predicted octanol–water partition coefficient (Wildman–Crippen LogP) is 5.48. The molecule has 0 aromatic heterocycles. The maximum absolute atomic E-state index is 12.8. The largest absolute Gasteiger partial charge is 0.493 e. The molecule has 0 spiro atoms. The van der Waals surface area contributed by atoms with Crippen molar-refractivity contribution in [1.29, 1.82) is 0 Å². The fraction of sp³-hybridized carbons (Fsp3) is 0.472. The first-order valence-electron chi connectivity index (χ1n) is 15.9. The number of anilines is 1. The fourth-order valence-corrected chi connectivity index (χ4v) is 7.40. The van der Waals surface area contributed by atoms with Crippen LogP contribution in [-0.2, 0) is 24.3 Å². The number of carbonyl (C=O) groups is 1. The summed E-state index contributed by atoms with van der Waals surface area (Å²) >= 11 is 0. The predicted molar refractivity (Wildman–Crippen MR) is 172 cm³/mol. The van der Waals surface area contributed by atoms with Crippen molar-refractivity contribution in [3.05, 3.63) is 88.5 Å². The van der Waals surface area contributed by atoms with E-state index < -0.39 is 0 Å². The van der Waals surface area contributed by atoms with Crippen LogP contribution in [0.3, 0.4) is 0 Å². The van der Waals surface area contributed by atoms with Crippen LogP contribution in [0.4, 0.5) is 5.69 Å². The number of methoxy groups -OCH3 is 2. The first kappa shape index (κ1) is 29.7. The molecule has 1 fully saturated rings. The summed E-state index contributed by atoms with van der Waals surface area (Å²) < 4.78 is 11.3. The van der Waals surface area contributed by atoms with Gasteiger partial charge in [0, 0.05) is 57.5 Å². The molecule has 3 aromatic carbocycles. The van der Waals surface area contributed by atoms with Crippen LogP contribution in [0.2, 0.25) is 0 Å². The van der Waals surface area contributed by atoms with Gasteiger partial charge in [-0.3, -0.25) is 9.80 Å². The Morgan fingerprint density at radius 1 is 0.860 bits per heavy atom. The van der Waals surface area contributed by atoms with Gasteiger partial charge in [0.1, 0.15) is 6.29 Å². The topological polar surface area (TPSA) is 48.5 Å². The minimum Gasteiger partial charge on any atom is -0.493 e. The van der Waals surface area contributed by atoms with E-state index in [4.69, 9.17) is 9.47 Å². The Kier molecular flexibility index (Phi) is 9.31. The van der Waals surface area contributed by atoms with Gasteiger partial charge in [-0.2, -0.15) is 0 Å². The minimum atomic E-state index is -0.271. The monoisotopic (exact) mass is 582 g/mol. The average molecular weight is 583 g/mol. The van der Waals surface area contributed by atoms with Crippen LogP contribution < -0.4 is 14.4 Å². The number of fused-ring (bicyclic) bond motifs is 2. The number of ether oxygens (including phenoxy) is 2. The number of hydrogen-bond acceptors (Lipinski definition) is 7. The first-order chi connectivity index (χ1) is 21.1. The van der Waals surface area contributed by atoms with E-state index >= 15 is 0 Å². The van der Waals surface area contributed by atoms with E-state index in [2.05, 4.69) is 81.1 Å². The highest BCUT2D eigenvalue weighted by Gasteiger charge is 2.38. The van der Waals surface area contributed by atoms with Crippen LogP contribution in [0.15, 0.2) is 60.7 Å². The van der Waals surface area contributed by atoms with E-state index in [-0.39, 0.29) is 12.1 Å². The van der Waals surface area contributed by atoms with Crippen molar-refractivity contribution < 1.29 is 14.3 Å². The summed E-state index contributed by atoms with van der Waals surface area (Å²) in [5.74, 6) is 1.45. The Hall–Kier alpha value is -3.39. The molecular formula is C36H46N4O3. The van der Waals surface area contributed by atoms with Gasteiger partial charge < -0.3 is 24.1 Å². The minimum absolute atomic E-state index is 0.0734. The highest BCUT2D eigenvalue weighted by Crippen LogP contribution is 2.45. The summed E-state index contributed by atoms with van der Waals surface area (Å²) in [5.41, 5.74) is 7.86. The molecule has 43 heavy (non-hydrogen) atoms. The van der Waals surface area contributed by atoms with Gasteiger partial charge in [0.05, 0.1) is 20.3 Å². The molecule has 2 atom stereocenters. The second-order valence-corrected chi connectivity index (χ2v) is 12.1. The molecule has 3 aliphatic rings. The first-order valence-corrected chi connectivity index (χ1v) is 15.9. The van der Waals surface area contributed by atoms with Gasteiger partial charge >= 0.3 is 0 Å². The van der Waals surface area contributed by atoms with E-state index in [1.165, 1.54) is 27.9 Å². The van der Waals surface area contributed by atoms with Crippen LogP contribution in [0, 0.1) is 0 Å². The van der Waals surface area contributed by atoms with E-state index in [9.17, 15) is 4.79 Å². The van der Waals surface area contributed by atoms with Gasteiger partial charge in [0.2, 0.25) is 0 Å². The standard InChI is InChI=1S/C36H46N4O3/c1-4-37-19-21-39(22-20-37)33-12-7-11-30-31(33)25-40(34(30)26-41)32(28-14-15-35(42-2)36(23-28)43-3)13-8-17-38-18-16-27-9-5-6-10-29(27)24-38/h5-7,9-12,14-15,23,26,32,34H,4,8,13,16-22,24-25H2,1-3H3/t32-,34?/m1/s1. The highest BCUT2D eigenvalue weighted by molar-refractivity contribution is 5.70. The Morgan fingerprint density at radius 3 is 2.40 bits per heavy atom. The Balaban J connectivity index is 1.25. The lowest BCUT2D eigenvalue weighted by molar-refractivity contribution is -0.113. The molecule has 0 bridgehead atoms. The second kappa shape index (κ2) is 13.5. The molecule has 7 nitrogen and oxygen atoms in total. The van der Waals surface area contributed by atoms with Crippen LogP contribution >= 0.6 is 0 Å². The third-order valence-corrected chi connectivity index (χ3v) is 9.85. The zero-order valence-electron chi connectivity index (χ0n) is 26.0. The Morgan fingerprint density at radius 2 is 1.65 bits per heavy atom. The third-order valence-electron chi connectivity index (χ3n) is 9.85. The number of hydrogen-bond donors (Lipinski definition) is 0. The number of piperazine rings is 1. The van der Waals surface area contributed by atoms with Crippen LogP contribution in [0.1, 0.15) is 59.7 Å². The summed E-state index contributed by atoms with van der Waals surface area (Å²) in [7, 11) is 3.36. The van der Waals surface area contributed by atoms with Gasteiger partial charge in [-0.25, -0.2) is 0 Å². The summed E-state index contributed by atoms with van der Waals surface area (Å²) in [6.07, 6.45) is 4.26. The lowest BCUT2D eigenvalue weighted by atomic mass is 9.97. The number of likely N-dealkylation sites (N-methyl/N-ethyl adjacent to an activating group) is 1. The molecule has 3 heterocycles. The van der Waals surface area contributed by atoms with E-state index in [0.717, 1.165) is 102 Å². The van der Waals surface area contributed by atoms with Crippen molar-refractivity contribution in [2.24, 2.45) is 0 Å². The molecule has 0 aliphatic carbocycles. The average Bonchev–Trinajstić information content (AvgIpc) is 3.44. The third kappa shape index (κ3) is 6.17. The highest BCUT2D eigenvalue weighted by atomic mass is 16.5. The smallest absolute Gasteiger partial charge is 0.161 e. The SMILES string of the molecule is CCN1CCN(c2cccc3c2CN([C@H](CCCN2CCc4ccccc4C2)c2ccc(OC)c(OC)c2)C3C=O)CC1. The number of nitrogens with zero attached hydrogens (tertiary/aromatic N) is 4. The number of rotatable bonds is 11. The van der Waals surface area contributed by atoms with Crippen molar-refractivity contribution in [3.8, 4) is 11.5 Å². The quantitative estimate of drug-likeness (QED) is 0.278. The van der Waals surface area contributed by atoms with Crippen LogP contribution in [0.25, 0.3) is 0 Å². The van der Waals surface area contributed by atoms with Gasteiger partial charge in [-0.15, -0.1) is 0 Å². The van der Waals surface area contributed by atoms with Crippen molar-refractivity contribution in [3.63, 3.8) is 0 Å². The fourth-order valence-electron chi connectivity index (χ4n) is 7.40. The van der Waals surface area contributed by atoms with Gasteiger partial charge in [0.25, 0.3) is 0 Å². The van der Waals surface area contributed by atoms with Crippen LogP contribution in [0.5, 0.6) is 11.5 Å². The van der Waals surface area contributed by atoms with Crippen molar-refractivity contribution in [1.82, 2.24) is 14.7 Å². The molecule has 0 amide bonds. The zero-order valence-corrected chi connectivity index (χ0v) is 26.0.